The molecule has 3 atom stereocenters. The van der Waals surface area contributed by atoms with E-state index in [0.29, 0.717) is 18.8 Å². The van der Waals surface area contributed by atoms with Crippen molar-refractivity contribution in [3.05, 3.63) is 66.1 Å². The number of fused-ring (bicyclic) bond motifs is 1. The second kappa shape index (κ2) is 13.9. The molecule has 2 N–H and O–H groups in total. The van der Waals surface area contributed by atoms with Gasteiger partial charge in [-0.3, -0.25) is 9.78 Å². The first kappa shape index (κ1) is 28.3. The predicted molar refractivity (Wildman–Crippen MR) is 149 cm³/mol. The third kappa shape index (κ3) is 7.91. The van der Waals surface area contributed by atoms with E-state index in [1.54, 1.807) is 37.2 Å². The number of ether oxygens (including phenoxy) is 1. The lowest BCUT2D eigenvalue weighted by Gasteiger charge is -2.39. The van der Waals surface area contributed by atoms with Crippen LogP contribution in [0.2, 0.25) is 0 Å². The van der Waals surface area contributed by atoms with Crippen molar-refractivity contribution in [1.82, 2.24) is 9.88 Å². The number of benzene rings is 2. The molecule has 1 unspecified atom stereocenters. The summed E-state index contributed by atoms with van der Waals surface area (Å²) < 4.78 is 18.8. The van der Waals surface area contributed by atoms with Crippen LogP contribution < -0.4 is 4.74 Å². The lowest BCUT2D eigenvalue weighted by Crippen LogP contribution is -2.41. The van der Waals surface area contributed by atoms with Crippen molar-refractivity contribution in [2.75, 3.05) is 32.5 Å². The first-order chi connectivity index (χ1) is 18.4. The van der Waals surface area contributed by atoms with Crippen LogP contribution in [0.5, 0.6) is 5.75 Å². The Balaban J connectivity index is 1.32. The summed E-state index contributed by atoms with van der Waals surface area (Å²) in [5.74, 6) is 1.35. The number of nitrogens with zero attached hydrogens (tertiary/aromatic N) is 2. The number of hydrogen-bond acceptors (Lipinski definition) is 6. The van der Waals surface area contributed by atoms with E-state index in [2.05, 4.69) is 9.88 Å². The molecule has 0 aliphatic carbocycles. The third-order valence-electron chi connectivity index (χ3n) is 7.54. The molecule has 38 heavy (non-hydrogen) atoms. The summed E-state index contributed by atoms with van der Waals surface area (Å²) in [5.41, 5.74) is 1.68. The molecule has 0 amide bonds. The van der Waals surface area contributed by atoms with Crippen LogP contribution in [-0.2, 0) is 4.79 Å². The Morgan fingerprint density at radius 2 is 2.08 bits per heavy atom. The van der Waals surface area contributed by atoms with E-state index in [4.69, 9.17) is 4.74 Å². The largest absolute Gasteiger partial charge is 0.497 e. The lowest BCUT2D eigenvalue weighted by atomic mass is 9.79. The fourth-order valence-electron chi connectivity index (χ4n) is 5.50. The number of likely N-dealkylation sites (tertiary alicyclic amines) is 1. The minimum atomic E-state index is -0.760. The Hall–Kier alpha value is -2.68. The van der Waals surface area contributed by atoms with E-state index in [0.717, 1.165) is 71.8 Å². The zero-order valence-corrected chi connectivity index (χ0v) is 22.7. The quantitative estimate of drug-likeness (QED) is 0.198. The molecule has 2 aromatic carbocycles. The van der Waals surface area contributed by atoms with Crippen molar-refractivity contribution in [3.63, 3.8) is 0 Å². The molecule has 2 heterocycles. The van der Waals surface area contributed by atoms with Crippen molar-refractivity contribution in [2.45, 2.75) is 49.5 Å². The molecule has 6 nitrogen and oxygen atoms in total. The summed E-state index contributed by atoms with van der Waals surface area (Å²) in [7, 11) is 1.63. The molecule has 4 rings (SSSR count). The number of methoxy groups -OCH3 is 1. The summed E-state index contributed by atoms with van der Waals surface area (Å²) in [6, 6.07) is 14.3. The zero-order valence-electron chi connectivity index (χ0n) is 21.9. The number of thioether (sulfide) groups is 1. The molecule has 1 fully saturated rings. The molecule has 1 aromatic heterocycles. The monoisotopic (exact) mass is 540 g/mol. The number of aliphatic carboxylic acids is 1. The minimum Gasteiger partial charge on any atom is -0.497 e. The maximum atomic E-state index is 13.4. The molecule has 0 bridgehead atoms. The lowest BCUT2D eigenvalue weighted by molar-refractivity contribution is -0.137. The first-order valence-electron chi connectivity index (χ1n) is 13.4. The number of carboxylic acid groups (broad SMARTS) is 1. The first-order valence-corrected chi connectivity index (χ1v) is 14.3. The van der Waals surface area contributed by atoms with E-state index in [9.17, 15) is 19.4 Å². The van der Waals surface area contributed by atoms with Crippen LogP contribution in [0.25, 0.3) is 10.9 Å². The molecular weight excluding hydrogens is 503 g/mol. The van der Waals surface area contributed by atoms with Crippen LogP contribution in [0.3, 0.4) is 0 Å². The fraction of sp³-hybridized carbons (Fsp3) is 0.467. The van der Waals surface area contributed by atoms with Crippen LogP contribution in [-0.4, -0.2) is 58.6 Å². The summed E-state index contributed by atoms with van der Waals surface area (Å²) in [5, 5.41) is 21.3. The maximum absolute atomic E-state index is 13.4. The highest BCUT2D eigenvalue weighted by molar-refractivity contribution is 7.99. The van der Waals surface area contributed by atoms with Gasteiger partial charge in [-0.25, -0.2) is 4.39 Å². The van der Waals surface area contributed by atoms with Gasteiger partial charge in [-0.1, -0.05) is 6.07 Å². The second-order valence-electron chi connectivity index (χ2n) is 10.1. The standard InChI is InChI=1S/C30H37FN2O4S/c1-37-24-8-9-28-27(19-24)26(12-14-32-28)29(34)10-6-21-13-16-33(20-22(21)7-11-30(35)36)15-3-17-38-25-5-2-4-23(31)18-25/h2,4-5,8-9,12,14,18-19,21-22,29,34H,3,6-7,10-11,13,15-17,20H2,1H3,(H,35,36)/t21-,22+,29?/m1/s1. The van der Waals surface area contributed by atoms with Gasteiger partial charge in [-0.2, -0.15) is 0 Å². The van der Waals surface area contributed by atoms with Crippen LogP contribution in [0.1, 0.15) is 50.2 Å². The Morgan fingerprint density at radius 1 is 1.21 bits per heavy atom. The van der Waals surface area contributed by atoms with Crippen molar-refractivity contribution >= 4 is 28.6 Å². The number of hydrogen-bond donors (Lipinski definition) is 2. The van der Waals surface area contributed by atoms with Gasteiger partial charge in [0.2, 0.25) is 0 Å². The summed E-state index contributed by atoms with van der Waals surface area (Å²) in [6.07, 6.45) is 5.40. The number of rotatable bonds is 13. The molecule has 3 aromatic rings. The van der Waals surface area contributed by atoms with Crippen LogP contribution in [0.4, 0.5) is 4.39 Å². The zero-order chi connectivity index (χ0) is 26.9. The van der Waals surface area contributed by atoms with Crippen LogP contribution >= 0.6 is 11.8 Å². The Labute approximate surface area is 228 Å². The number of aromatic nitrogens is 1. The number of carbonyl (C=O) groups is 1. The molecular formula is C30H37FN2O4S. The molecule has 0 radical (unpaired) electrons. The Morgan fingerprint density at radius 3 is 2.87 bits per heavy atom. The molecule has 1 saturated heterocycles. The van der Waals surface area contributed by atoms with Gasteiger partial charge in [0, 0.05) is 29.4 Å². The minimum absolute atomic E-state index is 0.168. The second-order valence-corrected chi connectivity index (χ2v) is 11.2. The van der Waals surface area contributed by atoms with Gasteiger partial charge in [0.1, 0.15) is 11.6 Å². The molecule has 0 spiro atoms. The smallest absolute Gasteiger partial charge is 0.303 e. The van der Waals surface area contributed by atoms with Gasteiger partial charge in [0.05, 0.1) is 18.7 Å². The van der Waals surface area contributed by atoms with E-state index >= 15 is 0 Å². The van der Waals surface area contributed by atoms with E-state index in [1.807, 2.05) is 30.3 Å². The fourth-order valence-corrected chi connectivity index (χ4v) is 6.38. The molecule has 0 saturated carbocycles. The number of halogens is 1. The predicted octanol–water partition coefficient (Wildman–Crippen LogP) is 6.18. The van der Waals surface area contributed by atoms with E-state index in [1.165, 1.54) is 6.07 Å². The van der Waals surface area contributed by atoms with E-state index in [-0.39, 0.29) is 18.2 Å². The van der Waals surface area contributed by atoms with Crippen LogP contribution in [0, 0.1) is 17.7 Å². The topological polar surface area (TPSA) is 82.9 Å². The summed E-state index contributed by atoms with van der Waals surface area (Å²) >= 11 is 1.67. The van der Waals surface area contributed by atoms with Gasteiger partial charge < -0.3 is 19.8 Å². The Kier molecular flexibility index (Phi) is 10.4. The Bertz CT molecular complexity index is 1210. The summed E-state index contributed by atoms with van der Waals surface area (Å²) in [4.78, 5) is 19.1. The average Bonchev–Trinajstić information content (AvgIpc) is 2.92. The van der Waals surface area contributed by atoms with Gasteiger partial charge >= 0.3 is 5.97 Å². The third-order valence-corrected chi connectivity index (χ3v) is 8.62. The van der Waals surface area contributed by atoms with E-state index < -0.39 is 12.1 Å². The van der Waals surface area contributed by atoms with Gasteiger partial charge in [0.25, 0.3) is 0 Å². The number of pyridine rings is 1. The normalized spacial score (nSPS) is 18.9. The molecule has 1 aliphatic rings. The van der Waals surface area contributed by atoms with Crippen molar-refractivity contribution in [3.8, 4) is 5.75 Å². The average molecular weight is 541 g/mol. The van der Waals surface area contributed by atoms with Crippen molar-refractivity contribution in [1.29, 1.82) is 0 Å². The van der Waals surface area contributed by atoms with Gasteiger partial charge in [-0.15, -0.1) is 11.8 Å². The number of aliphatic hydroxyl groups is 1. The van der Waals surface area contributed by atoms with Crippen LogP contribution in [0.15, 0.2) is 59.6 Å². The molecule has 8 heteroatoms. The van der Waals surface area contributed by atoms with Gasteiger partial charge in [0.15, 0.2) is 0 Å². The highest BCUT2D eigenvalue weighted by atomic mass is 32.2. The molecule has 204 valence electrons. The summed E-state index contributed by atoms with van der Waals surface area (Å²) in [6.45, 7) is 2.81. The van der Waals surface area contributed by atoms with Crippen molar-refractivity contribution < 1.29 is 24.1 Å². The maximum Gasteiger partial charge on any atom is 0.303 e. The number of aliphatic hydroxyl groups excluding tert-OH is 1. The van der Waals surface area contributed by atoms with Gasteiger partial charge in [-0.05, 0) is 111 Å². The SMILES string of the molecule is COc1ccc2nccc(C(O)CC[C@@H]3CCN(CCCSc4cccc(F)c4)C[C@@H]3CCC(=O)O)c2c1. The van der Waals surface area contributed by atoms with Crippen molar-refractivity contribution in [2.24, 2.45) is 11.8 Å². The number of piperidine rings is 1. The highest BCUT2D eigenvalue weighted by Crippen LogP contribution is 2.35. The highest BCUT2D eigenvalue weighted by Gasteiger charge is 2.30. The molecule has 1 aliphatic heterocycles. The number of carboxylic acids is 1.